The van der Waals surface area contributed by atoms with E-state index in [-0.39, 0.29) is 17.5 Å². The lowest BCUT2D eigenvalue weighted by molar-refractivity contribution is 0.0367. The SMILES string of the molecule is CC(C)OC(=O)c1c2ccnc1OCCCCc1cccc(c1)CCCCO2. The van der Waals surface area contributed by atoms with Gasteiger partial charge in [-0.3, -0.25) is 0 Å². The van der Waals surface area contributed by atoms with Crippen LogP contribution in [0.25, 0.3) is 0 Å². The molecule has 0 amide bonds. The third kappa shape index (κ3) is 5.72. The van der Waals surface area contributed by atoms with Crippen LogP contribution in [0.15, 0.2) is 36.5 Å². The summed E-state index contributed by atoms with van der Waals surface area (Å²) in [6.07, 6.45) is 7.29. The summed E-state index contributed by atoms with van der Waals surface area (Å²) < 4.78 is 17.1. The van der Waals surface area contributed by atoms with Crippen LogP contribution < -0.4 is 9.47 Å². The second-order valence-corrected chi connectivity index (χ2v) is 7.37. The smallest absolute Gasteiger partial charge is 0.347 e. The summed E-state index contributed by atoms with van der Waals surface area (Å²) in [6, 6.07) is 10.5. The Morgan fingerprint density at radius 1 is 1.00 bits per heavy atom. The highest BCUT2D eigenvalue weighted by Gasteiger charge is 2.23. The van der Waals surface area contributed by atoms with Gasteiger partial charge < -0.3 is 14.2 Å². The minimum absolute atomic E-state index is 0.222. The van der Waals surface area contributed by atoms with Crippen molar-refractivity contribution in [3.05, 3.63) is 53.2 Å². The fourth-order valence-corrected chi connectivity index (χ4v) is 3.27. The van der Waals surface area contributed by atoms with E-state index in [0.717, 1.165) is 38.5 Å². The molecule has 0 radical (unpaired) electrons. The number of nitrogens with zero attached hydrogens (tertiary/aromatic N) is 1. The van der Waals surface area contributed by atoms with Crippen molar-refractivity contribution in [2.75, 3.05) is 13.2 Å². The molecular weight excluding hydrogens is 354 g/mol. The van der Waals surface area contributed by atoms with Crippen LogP contribution in [0.5, 0.6) is 11.6 Å². The zero-order chi connectivity index (χ0) is 19.8. The van der Waals surface area contributed by atoms with Gasteiger partial charge in [0.15, 0.2) is 5.56 Å². The normalized spacial score (nSPS) is 15.4. The van der Waals surface area contributed by atoms with Gasteiger partial charge in [0.05, 0.1) is 19.3 Å². The molecule has 0 fully saturated rings. The first-order valence-corrected chi connectivity index (χ1v) is 10.2. The van der Waals surface area contributed by atoms with E-state index in [1.807, 2.05) is 13.8 Å². The fourth-order valence-electron chi connectivity index (χ4n) is 3.27. The van der Waals surface area contributed by atoms with Gasteiger partial charge in [-0.15, -0.1) is 0 Å². The van der Waals surface area contributed by atoms with Crippen LogP contribution in [-0.2, 0) is 17.6 Å². The largest absolute Gasteiger partial charge is 0.492 e. The molecule has 0 N–H and O–H groups in total. The number of carbonyl (C=O) groups is 1. The van der Waals surface area contributed by atoms with Crippen molar-refractivity contribution in [3.63, 3.8) is 0 Å². The maximum absolute atomic E-state index is 12.6. The van der Waals surface area contributed by atoms with E-state index in [9.17, 15) is 4.79 Å². The van der Waals surface area contributed by atoms with Crippen LogP contribution in [0.2, 0.25) is 0 Å². The molecule has 1 aromatic carbocycles. The average Bonchev–Trinajstić information content (AvgIpc) is 2.66. The number of esters is 1. The predicted molar refractivity (Wildman–Crippen MR) is 108 cm³/mol. The summed E-state index contributed by atoms with van der Waals surface area (Å²) in [5.74, 6) is 0.311. The van der Waals surface area contributed by atoms with Gasteiger partial charge in [0.1, 0.15) is 5.75 Å². The van der Waals surface area contributed by atoms with Crippen molar-refractivity contribution < 1.29 is 19.0 Å². The van der Waals surface area contributed by atoms with Crippen LogP contribution in [0.4, 0.5) is 0 Å². The Kier molecular flexibility index (Phi) is 7.29. The second kappa shape index (κ2) is 10.1. The summed E-state index contributed by atoms with van der Waals surface area (Å²) >= 11 is 0. The molecular formula is C23H29NO4. The third-order valence-electron chi connectivity index (χ3n) is 4.63. The monoisotopic (exact) mass is 383 g/mol. The zero-order valence-corrected chi connectivity index (χ0v) is 16.8. The van der Waals surface area contributed by atoms with E-state index in [2.05, 4.69) is 29.2 Å². The maximum Gasteiger partial charge on any atom is 0.347 e. The van der Waals surface area contributed by atoms with Crippen LogP contribution in [0.1, 0.15) is 61.0 Å². The Bertz CT molecular complexity index is 740. The quantitative estimate of drug-likeness (QED) is 0.700. The van der Waals surface area contributed by atoms with Crippen molar-refractivity contribution in [1.29, 1.82) is 0 Å². The van der Waals surface area contributed by atoms with Gasteiger partial charge in [0.2, 0.25) is 5.88 Å². The first-order valence-electron chi connectivity index (χ1n) is 10.2. The summed E-state index contributed by atoms with van der Waals surface area (Å²) in [5.41, 5.74) is 3.02. The Morgan fingerprint density at radius 2 is 1.68 bits per heavy atom. The Hall–Kier alpha value is -2.56. The highest BCUT2D eigenvalue weighted by Crippen LogP contribution is 2.28. The molecule has 0 spiro atoms. The third-order valence-corrected chi connectivity index (χ3v) is 4.63. The lowest BCUT2D eigenvalue weighted by Gasteiger charge is -2.16. The number of carbonyl (C=O) groups excluding carboxylic acids is 1. The first kappa shape index (κ1) is 20.2. The second-order valence-electron chi connectivity index (χ2n) is 7.37. The number of aryl methyl sites for hydroxylation is 2. The van der Waals surface area contributed by atoms with Crippen molar-refractivity contribution >= 4 is 5.97 Å². The molecule has 28 heavy (non-hydrogen) atoms. The minimum Gasteiger partial charge on any atom is -0.492 e. The highest BCUT2D eigenvalue weighted by atomic mass is 16.5. The molecule has 2 heterocycles. The number of rotatable bonds is 2. The molecule has 5 nitrogen and oxygen atoms in total. The molecule has 1 aromatic heterocycles. The number of fused-ring (bicyclic) bond motifs is 4. The van der Waals surface area contributed by atoms with Gasteiger partial charge in [0, 0.05) is 6.20 Å². The molecule has 0 unspecified atom stereocenters. The summed E-state index contributed by atoms with van der Waals surface area (Å²) in [6.45, 7) is 4.67. The van der Waals surface area contributed by atoms with E-state index in [1.165, 1.54) is 11.1 Å². The zero-order valence-electron chi connectivity index (χ0n) is 16.8. The molecule has 2 aromatic rings. The number of ether oxygens (including phenoxy) is 3. The summed E-state index contributed by atoms with van der Waals surface area (Å²) in [7, 11) is 0. The minimum atomic E-state index is -0.454. The molecule has 0 saturated heterocycles. The molecule has 0 atom stereocenters. The Balaban J connectivity index is 1.77. The van der Waals surface area contributed by atoms with Crippen molar-refractivity contribution in [2.24, 2.45) is 0 Å². The van der Waals surface area contributed by atoms with E-state index in [4.69, 9.17) is 14.2 Å². The molecule has 1 aliphatic rings. The summed E-state index contributed by atoms with van der Waals surface area (Å²) in [4.78, 5) is 16.9. The molecule has 1 aliphatic heterocycles. The number of aromatic nitrogens is 1. The number of hydrogen-bond acceptors (Lipinski definition) is 5. The van der Waals surface area contributed by atoms with E-state index in [1.54, 1.807) is 12.3 Å². The molecule has 5 heteroatoms. The van der Waals surface area contributed by atoms with E-state index < -0.39 is 5.97 Å². The lowest BCUT2D eigenvalue weighted by atomic mass is 10.0. The predicted octanol–water partition coefficient (Wildman–Crippen LogP) is 4.76. The van der Waals surface area contributed by atoms with Crippen LogP contribution >= 0.6 is 0 Å². The standard InChI is InChI=1S/C23H29NO4/c1-17(2)28-23(25)21-20-12-13-24-22(21)27-15-6-4-9-19-11-7-10-18(16-19)8-3-5-14-26-20/h7,10-13,16-17H,3-6,8-9,14-15H2,1-2H3. The van der Waals surface area contributed by atoms with E-state index >= 15 is 0 Å². The molecule has 0 aliphatic carbocycles. The van der Waals surface area contributed by atoms with Crippen LogP contribution in [-0.4, -0.2) is 30.3 Å². The molecule has 4 bridgehead atoms. The Labute approximate surface area is 167 Å². The van der Waals surface area contributed by atoms with E-state index in [0.29, 0.717) is 19.0 Å². The van der Waals surface area contributed by atoms with Gasteiger partial charge in [-0.05, 0) is 69.6 Å². The van der Waals surface area contributed by atoms with Gasteiger partial charge in [0.25, 0.3) is 0 Å². The average molecular weight is 383 g/mol. The number of benzene rings is 1. The number of hydrogen-bond donors (Lipinski definition) is 0. The Morgan fingerprint density at radius 3 is 2.36 bits per heavy atom. The maximum atomic E-state index is 12.6. The molecule has 150 valence electrons. The first-order chi connectivity index (χ1) is 13.6. The highest BCUT2D eigenvalue weighted by molar-refractivity contribution is 5.95. The van der Waals surface area contributed by atoms with Gasteiger partial charge in [-0.1, -0.05) is 24.3 Å². The molecule has 3 rings (SSSR count). The van der Waals surface area contributed by atoms with Gasteiger partial charge in [-0.25, -0.2) is 9.78 Å². The lowest BCUT2D eigenvalue weighted by Crippen LogP contribution is -2.16. The summed E-state index contributed by atoms with van der Waals surface area (Å²) in [5, 5.41) is 0. The fraction of sp³-hybridized carbons (Fsp3) is 0.478. The van der Waals surface area contributed by atoms with Crippen LogP contribution in [0, 0.1) is 0 Å². The van der Waals surface area contributed by atoms with Crippen molar-refractivity contribution in [2.45, 2.75) is 58.5 Å². The van der Waals surface area contributed by atoms with Gasteiger partial charge >= 0.3 is 5.97 Å². The van der Waals surface area contributed by atoms with Crippen molar-refractivity contribution in [1.82, 2.24) is 4.98 Å². The topological polar surface area (TPSA) is 57.7 Å². The van der Waals surface area contributed by atoms with Crippen LogP contribution in [0.3, 0.4) is 0 Å². The molecule has 0 saturated carbocycles. The number of pyridine rings is 1. The van der Waals surface area contributed by atoms with Crippen molar-refractivity contribution in [3.8, 4) is 11.6 Å². The van der Waals surface area contributed by atoms with Gasteiger partial charge in [-0.2, -0.15) is 0 Å².